The molecular formula is C21H28N6O3S. The molecule has 1 aromatic heterocycles. The number of nitrogens with zero attached hydrogens (tertiary/aromatic N) is 4. The van der Waals surface area contributed by atoms with Gasteiger partial charge < -0.3 is 20.3 Å². The quantitative estimate of drug-likeness (QED) is 0.600. The first-order valence-electron chi connectivity index (χ1n) is 10.6. The number of carbonyl (C=O) groups is 2. The number of anilines is 2. The van der Waals surface area contributed by atoms with Gasteiger partial charge in [-0.25, -0.2) is 0 Å². The Kier molecular flexibility index (Phi) is 6.77. The minimum atomic E-state index is -0.247. The van der Waals surface area contributed by atoms with Crippen molar-refractivity contribution >= 4 is 35.2 Å². The molecule has 2 heterocycles. The van der Waals surface area contributed by atoms with Crippen molar-refractivity contribution in [2.45, 2.75) is 37.9 Å². The lowest BCUT2D eigenvalue weighted by molar-refractivity contribution is -0.122. The molecule has 4 rings (SSSR count). The molecule has 31 heavy (non-hydrogen) atoms. The predicted molar refractivity (Wildman–Crippen MR) is 120 cm³/mol. The van der Waals surface area contributed by atoms with E-state index in [4.69, 9.17) is 4.74 Å². The summed E-state index contributed by atoms with van der Waals surface area (Å²) in [5.74, 6) is 0.592. The molecule has 1 saturated heterocycles. The molecule has 1 aliphatic carbocycles. The van der Waals surface area contributed by atoms with Crippen molar-refractivity contribution in [2.24, 2.45) is 0 Å². The second-order valence-corrected chi connectivity index (χ2v) is 8.79. The first-order chi connectivity index (χ1) is 15.0. The maximum absolute atomic E-state index is 12.3. The molecule has 2 aromatic rings. The van der Waals surface area contributed by atoms with Gasteiger partial charge >= 0.3 is 0 Å². The molecule has 2 fully saturated rings. The highest BCUT2D eigenvalue weighted by Crippen LogP contribution is 2.41. The lowest BCUT2D eigenvalue weighted by Crippen LogP contribution is -2.38. The third kappa shape index (κ3) is 5.37. The highest BCUT2D eigenvalue weighted by atomic mass is 32.2. The van der Waals surface area contributed by atoms with Crippen molar-refractivity contribution in [1.82, 2.24) is 20.1 Å². The van der Waals surface area contributed by atoms with E-state index in [9.17, 15) is 9.59 Å². The predicted octanol–water partition coefficient (Wildman–Crippen LogP) is 1.91. The zero-order valence-electron chi connectivity index (χ0n) is 17.9. The zero-order valence-corrected chi connectivity index (χ0v) is 18.7. The van der Waals surface area contributed by atoms with Crippen molar-refractivity contribution in [3.63, 3.8) is 0 Å². The van der Waals surface area contributed by atoms with Crippen LogP contribution in [0.25, 0.3) is 0 Å². The fourth-order valence-corrected chi connectivity index (χ4v) is 4.27. The van der Waals surface area contributed by atoms with Crippen LogP contribution < -0.4 is 15.5 Å². The smallest absolute Gasteiger partial charge is 0.243 e. The van der Waals surface area contributed by atoms with Gasteiger partial charge in [-0.3, -0.25) is 14.2 Å². The van der Waals surface area contributed by atoms with E-state index in [0.29, 0.717) is 19.3 Å². The molecular weight excluding hydrogens is 416 g/mol. The molecule has 0 bridgehead atoms. The molecule has 2 aliphatic rings. The summed E-state index contributed by atoms with van der Waals surface area (Å²) in [6, 6.07) is 6.15. The van der Waals surface area contributed by atoms with E-state index >= 15 is 0 Å². The Bertz CT molecular complexity index is 953. The summed E-state index contributed by atoms with van der Waals surface area (Å²) >= 11 is 1.36. The number of benzene rings is 1. The first kappa shape index (κ1) is 21.6. The number of morpholine rings is 1. The molecule has 0 radical (unpaired) electrons. The Hall–Kier alpha value is -2.59. The van der Waals surface area contributed by atoms with Crippen LogP contribution in [0, 0.1) is 13.8 Å². The Labute approximate surface area is 185 Å². The molecule has 1 aromatic carbocycles. The fourth-order valence-electron chi connectivity index (χ4n) is 3.44. The van der Waals surface area contributed by atoms with Crippen LogP contribution in [0.3, 0.4) is 0 Å². The lowest BCUT2D eigenvalue weighted by Gasteiger charge is -2.27. The topological polar surface area (TPSA) is 101 Å². The van der Waals surface area contributed by atoms with E-state index in [-0.39, 0.29) is 24.1 Å². The van der Waals surface area contributed by atoms with Gasteiger partial charge in [0.2, 0.25) is 17.8 Å². The van der Waals surface area contributed by atoms with Crippen molar-refractivity contribution in [2.75, 3.05) is 48.8 Å². The Morgan fingerprint density at radius 1 is 1.16 bits per heavy atom. The van der Waals surface area contributed by atoms with Crippen molar-refractivity contribution < 1.29 is 14.3 Å². The summed E-state index contributed by atoms with van der Waals surface area (Å²) < 4.78 is 7.58. The van der Waals surface area contributed by atoms with Gasteiger partial charge in [0.05, 0.1) is 25.5 Å². The molecule has 1 saturated carbocycles. The van der Waals surface area contributed by atoms with Crippen molar-refractivity contribution in [3.8, 4) is 0 Å². The van der Waals surface area contributed by atoms with Crippen LogP contribution >= 0.6 is 11.8 Å². The summed E-state index contributed by atoms with van der Waals surface area (Å²) in [5, 5.41) is 15.0. The number of amides is 2. The van der Waals surface area contributed by atoms with Gasteiger partial charge in [0.1, 0.15) is 0 Å². The van der Waals surface area contributed by atoms with Gasteiger partial charge in [-0.2, -0.15) is 0 Å². The van der Waals surface area contributed by atoms with Gasteiger partial charge in [-0.05, 0) is 43.9 Å². The van der Waals surface area contributed by atoms with E-state index < -0.39 is 0 Å². The minimum Gasteiger partial charge on any atom is -0.378 e. The van der Waals surface area contributed by atoms with Gasteiger partial charge in [-0.1, -0.05) is 23.9 Å². The first-order valence-corrected chi connectivity index (χ1v) is 11.5. The second kappa shape index (κ2) is 9.69. The Morgan fingerprint density at radius 2 is 1.94 bits per heavy atom. The molecule has 9 nitrogen and oxygen atoms in total. The summed E-state index contributed by atoms with van der Waals surface area (Å²) in [4.78, 5) is 26.7. The van der Waals surface area contributed by atoms with Crippen LogP contribution in [-0.4, -0.2) is 65.2 Å². The van der Waals surface area contributed by atoms with E-state index in [1.54, 1.807) is 0 Å². The summed E-state index contributed by atoms with van der Waals surface area (Å²) in [6.07, 6.45) is 2.21. The van der Waals surface area contributed by atoms with E-state index in [1.165, 1.54) is 11.8 Å². The largest absolute Gasteiger partial charge is 0.378 e. The number of aryl methyl sites for hydroxylation is 1. The third-order valence-corrected chi connectivity index (χ3v) is 6.45. The number of rotatable bonds is 8. The highest BCUT2D eigenvalue weighted by molar-refractivity contribution is 7.99. The normalized spacial score (nSPS) is 16.3. The molecule has 0 unspecified atom stereocenters. The van der Waals surface area contributed by atoms with Crippen LogP contribution in [0.4, 0.5) is 11.6 Å². The van der Waals surface area contributed by atoms with Gasteiger partial charge in [0, 0.05) is 24.8 Å². The molecule has 1 aliphatic heterocycles. The van der Waals surface area contributed by atoms with Crippen LogP contribution in [0.15, 0.2) is 23.4 Å². The van der Waals surface area contributed by atoms with Gasteiger partial charge in [0.25, 0.3) is 0 Å². The third-order valence-electron chi connectivity index (χ3n) is 5.51. The summed E-state index contributed by atoms with van der Waals surface area (Å²) in [5.41, 5.74) is 2.89. The Balaban J connectivity index is 1.28. The zero-order chi connectivity index (χ0) is 21.8. The maximum Gasteiger partial charge on any atom is 0.243 e. The molecule has 2 N–H and O–H groups in total. The Morgan fingerprint density at radius 3 is 2.68 bits per heavy atom. The fraction of sp³-hybridized carbons (Fsp3) is 0.524. The number of ether oxygens (including phenoxy) is 1. The number of thioether (sulfide) groups is 1. The number of hydrogen-bond donors (Lipinski definition) is 2. The molecule has 2 amide bonds. The second-order valence-electron chi connectivity index (χ2n) is 7.84. The van der Waals surface area contributed by atoms with Gasteiger partial charge in [-0.15, -0.1) is 10.2 Å². The van der Waals surface area contributed by atoms with E-state index in [0.717, 1.165) is 53.9 Å². The van der Waals surface area contributed by atoms with Crippen LogP contribution in [0.2, 0.25) is 0 Å². The van der Waals surface area contributed by atoms with E-state index in [2.05, 4.69) is 30.3 Å². The van der Waals surface area contributed by atoms with E-state index in [1.807, 2.05) is 32.0 Å². The van der Waals surface area contributed by atoms with Crippen LogP contribution in [-0.2, 0) is 14.3 Å². The summed E-state index contributed by atoms with van der Waals surface area (Å²) in [7, 11) is 0. The average molecular weight is 445 g/mol. The summed E-state index contributed by atoms with van der Waals surface area (Å²) in [6.45, 7) is 6.85. The molecule has 10 heteroatoms. The van der Waals surface area contributed by atoms with Crippen molar-refractivity contribution in [3.05, 3.63) is 29.3 Å². The van der Waals surface area contributed by atoms with Crippen molar-refractivity contribution in [1.29, 1.82) is 0 Å². The molecule has 0 spiro atoms. The molecule has 166 valence electrons. The monoisotopic (exact) mass is 444 g/mol. The van der Waals surface area contributed by atoms with Crippen LogP contribution in [0.1, 0.15) is 30.0 Å². The molecule has 0 atom stereocenters. The minimum absolute atomic E-state index is 0.0683. The number of hydrogen-bond acceptors (Lipinski definition) is 7. The SMILES string of the molecule is Cc1cccc(NC(=O)CNC(=O)CSc2nnc(N3CCOCC3)n2C2CC2)c1C. The maximum atomic E-state index is 12.3. The number of nitrogens with one attached hydrogen (secondary N) is 2. The number of carbonyl (C=O) groups excluding carboxylic acids is 2. The number of aromatic nitrogens is 3. The lowest BCUT2D eigenvalue weighted by atomic mass is 10.1. The van der Waals surface area contributed by atoms with Crippen LogP contribution in [0.5, 0.6) is 0 Å². The van der Waals surface area contributed by atoms with Gasteiger partial charge in [0.15, 0.2) is 5.16 Å². The standard InChI is InChI=1S/C21H28N6O3S/c1-14-4-3-5-17(15(14)2)23-18(28)12-22-19(29)13-31-21-25-24-20(27(21)16-6-7-16)26-8-10-30-11-9-26/h3-5,16H,6-13H2,1-2H3,(H,22,29)(H,23,28). The highest BCUT2D eigenvalue weighted by Gasteiger charge is 2.32. The average Bonchev–Trinajstić information content (AvgIpc) is 3.53.